The molecular formula is C18H22N6O2S2. The lowest BCUT2D eigenvalue weighted by molar-refractivity contribution is -0.121. The molecule has 4 heterocycles. The summed E-state index contributed by atoms with van der Waals surface area (Å²) in [6, 6.07) is 3.71. The van der Waals surface area contributed by atoms with Crippen LogP contribution in [0.25, 0.3) is 17.1 Å². The minimum absolute atomic E-state index is 0.0585. The van der Waals surface area contributed by atoms with E-state index in [1.54, 1.807) is 6.92 Å². The van der Waals surface area contributed by atoms with Crippen LogP contribution in [-0.2, 0) is 11.3 Å². The van der Waals surface area contributed by atoms with Gasteiger partial charge in [-0.05, 0) is 38.3 Å². The summed E-state index contributed by atoms with van der Waals surface area (Å²) in [6.45, 7) is 2.13. The van der Waals surface area contributed by atoms with Crippen LogP contribution in [0, 0.1) is 6.92 Å². The number of carbonyl (C=O) groups is 1. The normalized spacial score (nSPS) is 16.7. The molecule has 0 spiro atoms. The highest BCUT2D eigenvalue weighted by molar-refractivity contribution is 8.77. The molecule has 8 nitrogen and oxygen atoms in total. The van der Waals surface area contributed by atoms with E-state index in [9.17, 15) is 4.79 Å². The van der Waals surface area contributed by atoms with Gasteiger partial charge in [-0.2, -0.15) is 4.98 Å². The SMILES string of the molecule is Cc1noc(-c2ccn3c(CNC(=O)CCCC[C@H]4CCSS4)nnc3c2)n1. The Morgan fingerprint density at radius 1 is 1.39 bits per heavy atom. The molecule has 4 rings (SSSR count). The van der Waals surface area contributed by atoms with Crippen molar-refractivity contribution in [1.82, 2.24) is 30.1 Å². The Kier molecular flexibility index (Phi) is 6.16. The molecule has 1 amide bonds. The van der Waals surface area contributed by atoms with Gasteiger partial charge in [0.15, 0.2) is 17.3 Å². The van der Waals surface area contributed by atoms with E-state index in [-0.39, 0.29) is 5.91 Å². The Bertz CT molecular complexity index is 951. The fourth-order valence-electron chi connectivity index (χ4n) is 3.10. The number of unbranched alkanes of at least 4 members (excludes halogenated alkanes) is 1. The molecule has 1 aliphatic heterocycles. The second kappa shape index (κ2) is 8.95. The predicted octanol–water partition coefficient (Wildman–Crippen LogP) is 3.42. The van der Waals surface area contributed by atoms with Crippen LogP contribution in [0.2, 0.25) is 0 Å². The number of aryl methyl sites for hydroxylation is 1. The van der Waals surface area contributed by atoms with Crippen molar-refractivity contribution in [2.24, 2.45) is 0 Å². The lowest BCUT2D eigenvalue weighted by Gasteiger charge is -2.07. The maximum absolute atomic E-state index is 12.1. The monoisotopic (exact) mass is 418 g/mol. The van der Waals surface area contributed by atoms with Crippen LogP contribution < -0.4 is 5.32 Å². The third-order valence-electron chi connectivity index (χ3n) is 4.61. The molecule has 1 atom stereocenters. The topological polar surface area (TPSA) is 98.2 Å². The quantitative estimate of drug-likeness (QED) is 0.439. The maximum atomic E-state index is 12.1. The molecule has 28 heavy (non-hydrogen) atoms. The summed E-state index contributed by atoms with van der Waals surface area (Å²) in [4.78, 5) is 16.3. The summed E-state index contributed by atoms with van der Waals surface area (Å²) in [5.41, 5.74) is 1.46. The molecule has 10 heteroatoms. The zero-order valence-corrected chi connectivity index (χ0v) is 17.3. The van der Waals surface area contributed by atoms with E-state index in [1.165, 1.54) is 18.6 Å². The van der Waals surface area contributed by atoms with Crippen molar-refractivity contribution in [3.8, 4) is 11.5 Å². The van der Waals surface area contributed by atoms with Crippen molar-refractivity contribution in [1.29, 1.82) is 0 Å². The molecule has 0 aliphatic carbocycles. The minimum atomic E-state index is 0.0585. The number of pyridine rings is 1. The molecule has 148 valence electrons. The van der Waals surface area contributed by atoms with Crippen molar-refractivity contribution in [2.45, 2.75) is 50.8 Å². The van der Waals surface area contributed by atoms with Gasteiger partial charge in [0.25, 0.3) is 5.89 Å². The van der Waals surface area contributed by atoms with Crippen LogP contribution in [-0.4, -0.2) is 41.6 Å². The molecule has 1 aliphatic rings. The molecule has 1 fully saturated rings. The van der Waals surface area contributed by atoms with Gasteiger partial charge >= 0.3 is 0 Å². The number of nitrogens with zero attached hydrogens (tertiary/aromatic N) is 5. The summed E-state index contributed by atoms with van der Waals surface area (Å²) in [6.07, 6.45) is 6.96. The predicted molar refractivity (Wildman–Crippen MR) is 110 cm³/mol. The number of hydrogen-bond donors (Lipinski definition) is 1. The van der Waals surface area contributed by atoms with Gasteiger partial charge < -0.3 is 9.84 Å². The van der Waals surface area contributed by atoms with Gasteiger partial charge in [-0.15, -0.1) is 10.2 Å². The van der Waals surface area contributed by atoms with Gasteiger partial charge in [-0.1, -0.05) is 33.2 Å². The van der Waals surface area contributed by atoms with E-state index in [0.717, 1.165) is 23.7 Å². The molecule has 1 N–H and O–H groups in total. The molecule has 1 saturated heterocycles. The number of fused-ring (bicyclic) bond motifs is 1. The Morgan fingerprint density at radius 2 is 2.32 bits per heavy atom. The van der Waals surface area contributed by atoms with Gasteiger partial charge in [0.2, 0.25) is 5.91 Å². The van der Waals surface area contributed by atoms with E-state index in [4.69, 9.17) is 4.52 Å². The van der Waals surface area contributed by atoms with Crippen LogP contribution in [0.15, 0.2) is 22.9 Å². The van der Waals surface area contributed by atoms with Gasteiger partial charge in [-0.3, -0.25) is 9.20 Å². The number of rotatable bonds is 8. The fraction of sp³-hybridized carbons (Fsp3) is 0.500. The largest absolute Gasteiger partial charge is 0.349 e. The zero-order chi connectivity index (χ0) is 19.3. The molecule has 0 radical (unpaired) electrons. The van der Waals surface area contributed by atoms with Crippen LogP contribution in [0.4, 0.5) is 0 Å². The lowest BCUT2D eigenvalue weighted by Crippen LogP contribution is -2.23. The number of aromatic nitrogens is 5. The van der Waals surface area contributed by atoms with Gasteiger partial charge in [0.05, 0.1) is 6.54 Å². The molecule has 3 aromatic heterocycles. The highest BCUT2D eigenvalue weighted by Gasteiger charge is 2.16. The second-order valence-corrected chi connectivity index (χ2v) is 9.55. The average molecular weight is 419 g/mol. The lowest BCUT2D eigenvalue weighted by atomic mass is 10.1. The van der Waals surface area contributed by atoms with Crippen molar-refractivity contribution in [3.05, 3.63) is 30.0 Å². The van der Waals surface area contributed by atoms with E-state index in [1.807, 2.05) is 44.3 Å². The minimum Gasteiger partial charge on any atom is -0.349 e. The Balaban J connectivity index is 1.28. The molecule has 0 aromatic carbocycles. The smallest absolute Gasteiger partial charge is 0.258 e. The molecule has 0 bridgehead atoms. The molecule has 0 saturated carbocycles. The summed E-state index contributed by atoms with van der Waals surface area (Å²) in [5, 5.41) is 15.9. The molecule has 0 unspecified atom stereocenters. The van der Waals surface area contributed by atoms with E-state index < -0.39 is 0 Å². The first-order valence-electron chi connectivity index (χ1n) is 9.38. The standard InChI is InChI=1S/C18H22N6O2S2/c1-12-20-18(26-23-12)13-6-8-24-15(10-13)21-22-16(24)11-19-17(25)5-3-2-4-14-7-9-27-28-14/h6,8,10,14H,2-5,7,9,11H2,1H3,(H,19,25)/t14-/m0/s1. The second-order valence-electron chi connectivity index (χ2n) is 6.76. The van der Waals surface area contributed by atoms with E-state index >= 15 is 0 Å². The van der Waals surface area contributed by atoms with Gasteiger partial charge in [0.1, 0.15) is 0 Å². The highest BCUT2D eigenvalue weighted by Crippen LogP contribution is 2.39. The first-order chi connectivity index (χ1) is 13.7. The fourth-order valence-corrected chi connectivity index (χ4v) is 6.12. The number of nitrogens with one attached hydrogen (secondary N) is 1. The summed E-state index contributed by atoms with van der Waals surface area (Å²) in [7, 11) is 3.96. The van der Waals surface area contributed by atoms with Crippen molar-refractivity contribution < 1.29 is 9.32 Å². The van der Waals surface area contributed by atoms with Crippen molar-refractivity contribution >= 4 is 33.1 Å². The molecule has 3 aromatic rings. The first kappa shape index (κ1) is 19.3. The van der Waals surface area contributed by atoms with Crippen molar-refractivity contribution in [3.63, 3.8) is 0 Å². The van der Waals surface area contributed by atoms with E-state index in [2.05, 4.69) is 25.7 Å². The van der Waals surface area contributed by atoms with Crippen LogP contribution in [0.5, 0.6) is 0 Å². The zero-order valence-electron chi connectivity index (χ0n) is 15.6. The third-order valence-corrected chi connectivity index (χ3v) is 7.61. The van der Waals surface area contributed by atoms with Crippen molar-refractivity contribution in [2.75, 3.05) is 5.75 Å². The first-order valence-corrected chi connectivity index (χ1v) is 11.8. The van der Waals surface area contributed by atoms with Crippen LogP contribution >= 0.6 is 21.6 Å². The van der Waals surface area contributed by atoms with Crippen LogP contribution in [0.1, 0.15) is 43.8 Å². The maximum Gasteiger partial charge on any atom is 0.258 e. The number of carbonyl (C=O) groups excluding carboxylic acids is 1. The summed E-state index contributed by atoms with van der Waals surface area (Å²) < 4.78 is 7.04. The number of hydrogen-bond acceptors (Lipinski definition) is 8. The highest BCUT2D eigenvalue weighted by atomic mass is 33.1. The molecular weight excluding hydrogens is 396 g/mol. The summed E-state index contributed by atoms with van der Waals surface area (Å²) in [5.74, 6) is 3.05. The Hall–Kier alpha value is -2.07. The Morgan fingerprint density at radius 3 is 3.11 bits per heavy atom. The van der Waals surface area contributed by atoms with E-state index in [0.29, 0.717) is 36.2 Å². The Labute approximate surface area is 170 Å². The van der Waals surface area contributed by atoms with Crippen LogP contribution in [0.3, 0.4) is 0 Å². The number of amides is 1. The average Bonchev–Trinajstić information content (AvgIpc) is 3.44. The summed E-state index contributed by atoms with van der Waals surface area (Å²) >= 11 is 0. The van der Waals surface area contributed by atoms with Gasteiger partial charge in [-0.25, -0.2) is 0 Å². The third kappa shape index (κ3) is 4.67. The van der Waals surface area contributed by atoms with Gasteiger partial charge in [0, 0.05) is 29.2 Å².